The summed E-state index contributed by atoms with van der Waals surface area (Å²) < 4.78 is 0. The first-order valence-electron chi connectivity index (χ1n) is 5.54. The molecule has 0 spiro atoms. The van der Waals surface area contributed by atoms with Crippen LogP contribution < -0.4 is 10.6 Å². The van der Waals surface area contributed by atoms with Gasteiger partial charge in [0.2, 0.25) is 0 Å². The average Bonchev–Trinajstić information content (AvgIpc) is 2.64. The molecule has 0 aromatic carbocycles. The fraction of sp³-hybridized carbons (Fsp3) is 0.636. The van der Waals surface area contributed by atoms with Crippen molar-refractivity contribution >= 4 is 5.82 Å². The number of nitrogens with zero attached hydrogens (tertiary/aromatic N) is 3. The smallest absolute Gasteiger partial charge is 0.132 e. The molecule has 4 heteroatoms. The predicted molar refractivity (Wildman–Crippen MR) is 61.0 cm³/mol. The van der Waals surface area contributed by atoms with Gasteiger partial charge in [-0.3, -0.25) is 0 Å². The van der Waals surface area contributed by atoms with Crippen LogP contribution in [0.15, 0.2) is 6.07 Å². The number of anilines is 1. The molecule has 0 aliphatic carbocycles. The van der Waals surface area contributed by atoms with Gasteiger partial charge in [-0.2, -0.15) is 0 Å². The third-order valence-electron chi connectivity index (χ3n) is 2.79. The van der Waals surface area contributed by atoms with E-state index in [4.69, 9.17) is 5.73 Å². The maximum atomic E-state index is 5.89. The lowest BCUT2D eigenvalue weighted by Crippen LogP contribution is -2.27. The Morgan fingerprint density at radius 3 is 2.93 bits per heavy atom. The SMILES string of the molecule is CCc1cc(N2CCC(N)C2)nc(C)n1. The number of hydrogen-bond donors (Lipinski definition) is 1. The van der Waals surface area contributed by atoms with E-state index in [-0.39, 0.29) is 0 Å². The zero-order valence-electron chi connectivity index (χ0n) is 9.40. The molecule has 0 radical (unpaired) electrons. The lowest BCUT2D eigenvalue weighted by atomic mass is 10.3. The highest BCUT2D eigenvalue weighted by molar-refractivity contribution is 5.41. The van der Waals surface area contributed by atoms with Gasteiger partial charge < -0.3 is 10.6 Å². The molecule has 2 rings (SSSR count). The molecule has 1 fully saturated rings. The Kier molecular flexibility index (Phi) is 2.86. The summed E-state index contributed by atoms with van der Waals surface area (Å²) in [5.74, 6) is 1.89. The molecule has 1 aliphatic rings. The molecule has 0 saturated carbocycles. The molecule has 2 heterocycles. The van der Waals surface area contributed by atoms with E-state index in [0.717, 1.165) is 43.3 Å². The molecule has 4 nitrogen and oxygen atoms in total. The summed E-state index contributed by atoms with van der Waals surface area (Å²) in [5, 5.41) is 0. The fourth-order valence-corrected chi connectivity index (χ4v) is 1.95. The minimum absolute atomic E-state index is 0.297. The number of aryl methyl sites for hydroxylation is 2. The summed E-state index contributed by atoms with van der Waals surface area (Å²) >= 11 is 0. The molecule has 2 N–H and O–H groups in total. The Balaban J connectivity index is 2.24. The third kappa shape index (κ3) is 2.26. The van der Waals surface area contributed by atoms with Gasteiger partial charge in [0, 0.05) is 30.9 Å². The van der Waals surface area contributed by atoms with Crippen molar-refractivity contribution in [2.45, 2.75) is 32.7 Å². The second kappa shape index (κ2) is 4.14. The van der Waals surface area contributed by atoms with E-state index >= 15 is 0 Å². The first-order chi connectivity index (χ1) is 7.19. The molecular weight excluding hydrogens is 188 g/mol. The van der Waals surface area contributed by atoms with Gasteiger partial charge in [0.25, 0.3) is 0 Å². The summed E-state index contributed by atoms with van der Waals surface area (Å²) in [4.78, 5) is 11.1. The van der Waals surface area contributed by atoms with E-state index in [9.17, 15) is 0 Å². The van der Waals surface area contributed by atoms with Gasteiger partial charge in [-0.05, 0) is 19.8 Å². The minimum atomic E-state index is 0.297. The number of nitrogens with two attached hydrogens (primary N) is 1. The molecule has 1 saturated heterocycles. The maximum Gasteiger partial charge on any atom is 0.132 e. The highest BCUT2D eigenvalue weighted by atomic mass is 15.2. The molecule has 82 valence electrons. The van der Waals surface area contributed by atoms with E-state index in [2.05, 4.69) is 27.9 Å². The van der Waals surface area contributed by atoms with Crippen molar-refractivity contribution in [3.63, 3.8) is 0 Å². The van der Waals surface area contributed by atoms with E-state index in [0.29, 0.717) is 6.04 Å². The van der Waals surface area contributed by atoms with Crippen molar-refractivity contribution < 1.29 is 0 Å². The Hall–Kier alpha value is -1.16. The molecule has 1 atom stereocenters. The van der Waals surface area contributed by atoms with Crippen molar-refractivity contribution in [3.8, 4) is 0 Å². The number of hydrogen-bond acceptors (Lipinski definition) is 4. The van der Waals surface area contributed by atoms with Crippen LogP contribution in [-0.4, -0.2) is 29.1 Å². The van der Waals surface area contributed by atoms with Gasteiger partial charge >= 0.3 is 0 Å². The molecule has 1 aromatic heterocycles. The zero-order chi connectivity index (χ0) is 10.8. The van der Waals surface area contributed by atoms with Crippen LogP contribution in [0.3, 0.4) is 0 Å². The van der Waals surface area contributed by atoms with Crippen LogP contribution in [0, 0.1) is 6.92 Å². The fourth-order valence-electron chi connectivity index (χ4n) is 1.95. The van der Waals surface area contributed by atoms with E-state index in [1.54, 1.807) is 0 Å². The summed E-state index contributed by atoms with van der Waals surface area (Å²) in [5.41, 5.74) is 7.00. The van der Waals surface area contributed by atoms with Crippen LogP contribution >= 0.6 is 0 Å². The molecular formula is C11H18N4. The second-order valence-corrected chi connectivity index (χ2v) is 4.11. The van der Waals surface area contributed by atoms with Crippen LogP contribution in [0.25, 0.3) is 0 Å². The second-order valence-electron chi connectivity index (χ2n) is 4.11. The van der Waals surface area contributed by atoms with Crippen LogP contribution in [-0.2, 0) is 6.42 Å². The number of rotatable bonds is 2. The summed E-state index contributed by atoms with van der Waals surface area (Å²) in [6.07, 6.45) is 2.01. The van der Waals surface area contributed by atoms with Crippen LogP contribution in [0.4, 0.5) is 5.82 Å². The topological polar surface area (TPSA) is 55.0 Å². The Morgan fingerprint density at radius 2 is 2.33 bits per heavy atom. The van der Waals surface area contributed by atoms with Crippen molar-refractivity contribution in [3.05, 3.63) is 17.6 Å². The summed E-state index contributed by atoms with van der Waals surface area (Å²) in [7, 11) is 0. The molecule has 1 aromatic rings. The highest BCUT2D eigenvalue weighted by Crippen LogP contribution is 2.18. The molecule has 15 heavy (non-hydrogen) atoms. The normalized spacial score (nSPS) is 21.0. The van der Waals surface area contributed by atoms with Crippen LogP contribution in [0.1, 0.15) is 24.9 Å². The highest BCUT2D eigenvalue weighted by Gasteiger charge is 2.20. The Labute approximate surface area is 90.5 Å². The van der Waals surface area contributed by atoms with Gasteiger partial charge in [-0.15, -0.1) is 0 Å². The lowest BCUT2D eigenvalue weighted by molar-refractivity contribution is 0.751. The lowest BCUT2D eigenvalue weighted by Gasteiger charge is -2.17. The molecule has 0 bridgehead atoms. The van der Waals surface area contributed by atoms with Crippen LogP contribution in [0.5, 0.6) is 0 Å². The van der Waals surface area contributed by atoms with Crippen molar-refractivity contribution in [2.75, 3.05) is 18.0 Å². The predicted octanol–water partition coefficient (Wildman–Crippen LogP) is 0.885. The Bertz CT molecular complexity index is 350. The van der Waals surface area contributed by atoms with Gasteiger partial charge in [-0.25, -0.2) is 9.97 Å². The standard InChI is InChI=1S/C11H18N4/c1-3-10-6-11(14-8(2)13-10)15-5-4-9(12)7-15/h6,9H,3-5,7,12H2,1-2H3. The minimum Gasteiger partial charge on any atom is -0.355 e. The maximum absolute atomic E-state index is 5.89. The number of aromatic nitrogens is 2. The Morgan fingerprint density at radius 1 is 1.53 bits per heavy atom. The molecule has 1 aliphatic heterocycles. The van der Waals surface area contributed by atoms with E-state index < -0.39 is 0 Å². The van der Waals surface area contributed by atoms with Gasteiger partial charge in [0.05, 0.1) is 0 Å². The van der Waals surface area contributed by atoms with E-state index in [1.165, 1.54) is 0 Å². The molecule has 1 unspecified atom stereocenters. The largest absolute Gasteiger partial charge is 0.355 e. The quantitative estimate of drug-likeness (QED) is 0.780. The monoisotopic (exact) mass is 206 g/mol. The van der Waals surface area contributed by atoms with Gasteiger partial charge in [0.15, 0.2) is 0 Å². The first kappa shape index (κ1) is 10.4. The van der Waals surface area contributed by atoms with E-state index in [1.807, 2.05) is 6.92 Å². The van der Waals surface area contributed by atoms with Crippen molar-refractivity contribution in [1.82, 2.24) is 9.97 Å². The first-order valence-corrected chi connectivity index (χ1v) is 5.54. The zero-order valence-corrected chi connectivity index (χ0v) is 9.40. The van der Waals surface area contributed by atoms with Gasteiger partial charge in [-0.1, -0.05) is 6.92 Å². The van der Waals surface area contributed by atoms with Crippen molar-refractivity contribution in [2.24, 2.45) is 5.73 Å². The average molecular weight is 206 g/mol. The molecule has 0 amide bonds. The van der Waals surface area contributed by atoms with Crippen LogP contribution in [0.2, 0.25) is 0 Å². The third-order valence-corrected chi connectivity index (χ3v) is 2.79. The van der Waals surface area contributed by atoms with Crippen molar-refractivity contribution in [1.29, 1.82) is 0 Å². The summed E-state index contributed by atoms with van der Waals surface area (Å²) in [6, 6.07) is 2.37. The summed E-state index contributed by atoms with van der Waals surface area (Å²) in [6.45, 7) is 5.99. The van der Waals surface area contributed by atoms with Gasteiger partial charge in [0.1, 0.15) is 11.6 Å².